The number of azo groups is 1. The fraction of sp³-hybridized carbons (Fsp3) is 0.0476. The molecule has 0 saturated heterocycles. The minimum absolute atomic E-state index is 0. The molecule has 4 aromatic rings. The number of phenols is 1. The van der Waals surface area contributed by atoms with Crippen molar-refractivity contribution in [2.24, 2.45) is 10.2 Å². The van der Waals surface area contributed by atoms with Gasteiger partial charge in [0.15, 0.2) is 11.6 Å². The van der Waals surface area contributed by atoms with Crippen molar-refractivity contribution in [2.75, 3.05) is 5.32 Å². The summed E-state index contributed by atoms with van der Waals surface area (Å²) in [6.07, 6.45) is -1.24. The number of aromatic nitrogens is 2. The molecule has 42 heavy (non-hydrogen) atoms. The molecule has 1 radical (unpaired) electrons. The molecule has 3 aromatic carbocycles. The average molecular weight is 671 g/mol. The van der Waals surface area contributed by atoms with Crippen molar-refractivity contribution in [3.63, 3.8) is 0 Å². The van der Waals surface area contributed by atoms with Gasteiger partial charge in [0.2, 0.25) is 0 Å². The van der Waals surface area contributed by atoms with Crippen molar-refractivity contribution >= 4 is 105 Å². The summed E-state index contributed by atoms with van der Waals surface area (Å²) in [6, 6.07) is 6.76. The average Bonchev–Trinajstić information content (AvgIpc) is 2.84. The number of fused-ring (bicyclic) bond motifs is 1. The Labute approximate surface area is 264 Å². The predicted molar refractivity (Wildman–Crippen MR) is 146 cm³/mol. The summed E-state index contributed by atoms with van der Waals surface area (Å²) in [5, 5.41) is 19.8. The van der Waals surface area contributed by atoms with Crippen molar-refractivity contribution in [1.82, 2.24) is 9.97 Å². The van der Waals surface area contributed by atoms with Crippen LogP contribution in [0.25, 0.3) is 10.8 Å². The molecule has 21 heteroatoms. The summed E-state index contributed by atoms with van der Waals surface area (Å²) in [5.74, 6) is -1.48. The fourth-order valence-corrected chi connectivity index (χ4v) is 5.55. The van der Waals surface area contributed by atoms with Crippen molar-refractivity contribution < 1.29 is 48.4 Å². The number of rotatable bonds is 7. The zero-order valence-electron chi connectivity index (χ0n) is 21.0. The van der Waals surface area contributed by atoms with Gasteiger partial charge >= 0.3 is 6.08 Å². The Kier molecular flexibility index (Phi) is 9.64. The SMILES string of the molecule is Cc1nc(F)nc(Nc2cc(S(=O)(=O)O)cc3cc(S(=O)(=O)O)c(N=Nc4ccccc4S(=O)(=O)O)c(O)c23)c1Cl.[Na]. The van der Waals surface area contributed by atoms with E-state index >= 15 is 0 Å². The minimum Gasteiger partial charge on any atom is -0.505 e. The normalized spacial score (nSPS) is 12.4. The first-order chi connectivity index (χ1) is 18.9. The van der Waals surface area contributed by atoms with Crippen LogP contribution in [-0.4, -0.2) is 83.5 Å². The van der Waals surface area contributed by atoms with E-state index in [0.717, 1.165) is 24.3 Å². The van der Waals surface area contributed by atoms with Gasteiger partial charge in [-0.15, -0.1) is 10.2 Å². The van der Waals surface area contributed by atoms with E-state index < -0.39 is 90.5 Å². The van der Waals surface area contributed by atoms with Crippen LogP contribution in [0.5, 0.6) is 5.75 Å². The smallest absolute Gasteiger partial charge is 0.310 e. The van der Waals surface area contributed by atoms with Gasteiger partial charge in [-0.05, 0) is 42.6 Å². The van der Waals surface area contributed by atoms with E-state index in [-0.39, 0.29) is 40.3 Å². The third-order valence-electron chi connectivity index (χ3n) is 5.34. The van der Waals surface area contributed by atoms with Crippen LogP contribution in [-0.2, 0) is 30.4 Å². The van der Waals surface area contributed by atoms with Gasteiger partial charge in [-0.3, -0.25) is 13.7 Å². The van der Waals surface area contributed by atoms with Gasteiger partial charge in [-0.2, -0.15) is 34.6 Å². The molecule has 1 heterocycles. The Morgan fingerprint density at radius 2 is 1.50 bits per heavy atom. The zero-order chi connectivity index (χ0) is 30.5. The fourth-order valence-electron chi connectivity index (χ4n) is 3.60. The molecule has 0 bridgehead atoms. The maximum Gasteiger partial charge on any atom is 0.310 e. The van der Waals surface area contributed by atoms with Crippen LogP contribution in [0, 0.1) is 13.0 Å². The molecule has 15 nitrogen and oxygen atoms in total. The molecule has 0 atom stereocenters. The molecule has 0 aliphatic heterocycles. The first-order valence-electron chi connectivity index (χ1n) is 10.6. The first-order valence-corrected chi connectivity index (χ1v) is 15.3. The van der Waals surface area contributed by atoms with Crippen LogP contribution < -0.4 is 5.32 Å². The van der Waals surface area contributed by atoms with Crippen LogP contribution in [0.2, 0.25) is 5.02 Å². The Hall–Kier alpha value is -2.85. The van der Waals surface area contributed by atoms with Gasteiger partial charge in [0.05, 0.1) is 16.3 Å². The number of nitrogens with zero attached hydrogens (tertiary/aromatic N) is 4. The third kappa shape index (κ3) is 7.02. The summed E-state index contributed by atoms with van der Waals surface area (Å²) in [5.41, 5.74) is -1.91. The van der Waals surface area contributed by atoms with Gasteiger partial charge in [-0.25, -0.2) is 4.98 Å². The molecule has 217 valence electrons. The number of nitrogens with one attached hydrogen (secondary N) is 1. The second-order valence-corrected chi connectivity index (χ2v) is 12.7. The van der Waals surface area contributed by atoms with Crippen LogP contribution in [0.1, 0.15) is 5.69 Å². The third-order valence-corrected chi connectivity index (χ3v) is 8.39. The number of hydrogen-bond donors (Lipinski definition) is 5. The molecule has 0 aliphatic rings. The number of phenolic OH excluding ortho intramolecular Hbond substituents is 1. The van der Waals surface area contributed by atoms with Crippen LogP contribution >= 0.6 is 11.6 Å². The Morgan fingerprint density at radius 1 is 0.881 bits per heavy atom. The Balaban J connectivity index is 0.00000484. The van der Waals surface area contributed by atoms with Crippen LogP contribution in [0.4, 0.5) is 27.3 Å². The maximum atomic E-state index is 13.9. The van der Waals surface area contributed by atoms with Gasteiger partial charge < -0.3 is 10.4 Å². The Morgan fingerprint density at radius 3 is 2.10 bits per heavy atom. The van der Waals surface area contributed by atoms with Crippen molar-refractivity contribution in [1.29, 1.82) is 0 Å². The largest absolute Gasteiger partial charge is 0.505 e. The van der Waals surface area contributed by atoms with E-state index in [1.54, 1.807) is 0 Å². The summed E-state index contributed by atoms with van der Waals surface area (Å²) >= 11 is 6.12. The van der Waals surface area contributed by atoms with E-state index in [2.05, 4.69) is 25.5 Å². The van der Waals surface area contributed by atoms with E-state index in [9.17, 15) is 48.4 Å². The summed E-state index contributed by atoms with van der Waals surface area (Å²) in [4.78, 5) is 4.23. The number of halogens is 2. The van der Waals surface area contributed by atoms with Gasteiger partial charge in [0.1, 0.15) is 26.2 Å². The zero-order valence-corrected chi connectivity index (χ0v) is 26.3. The quantitative estimate of drug-likeness (QED) is 0.0809. The molecular formula is C21H15ClFN5NaO10S3. The number of aromatic hydroxyl groups is 1. The summed E-state index contributed by atoms with van der Waals surface area (Å²) < 4.78 is 114. The van der Waals surface area contributed by atoms with E-state index in [0.29, 0.717) is 6.07 Å². The molecule has 0 amide bonds. The van der Waals surface area contributed by atoms with E-state index in [1.807, 2.05) is 0 Å². The molecule has 4 rings (SSSR count). The number of anilines is 2. The van der Waals surface area contributed by atoms with E-state index in [4.69, 9.17) is 11.6 Å². The monoisotopic (exact) mass is 670 g/mol. The topological polar surface area (TPSA) is 246 Å². The second-order valence-electron chi connectivity index (χ2n) is 8.10. The van der Waals surface area contributed by atoms with Crippen LogP contribution in [0.3, 0.4) is 0 Å². The van der Waals surface area contributed by atoms with Crippen molar-refractivity contribution in [2.45, 2.75) is 21.6 Å². The molecule has 0 unspecified atom stereocenters. The molecule has 0 aliphatic carbocycles. The summed E-state index contributed by atoms with van der Waals surface area (Å²) in [6.45, 7) is 1.32. The van der Waals surface area contributed by atoms with Crippen molar-refractivity contribution in [3.8, 4) is 5.75 Å². The number of hydrogen-bond acceptors (Lipinski definition) is 12. The molecule has 5 N–H and O–H groups in total. The van der Waals surface area contributed by atoms with E-state index in [1.165, 1.54) is 19.1 Å². The summed E-state index contributed by atoms with van der Waals surface area (Å²) in [7, 11) is -15.0. The van der Waals surface area contributed by atoms with Gasteiger partial charge in [0.25, 0.3) is 30.4 Å². The Bertz CT molecular complexity index is 2120. The molecule has 0 fully saturated rings. The second kappa shape index (κ2) is 12.0. The maximum absolute atomic E-state index is 13.9. The standard InChI is InChI=1S/C21H15ClFN5O10S3.Na/c1-9-17(22)20(26-21(23)24-9)25-13-8-11(39(30,31)32)6-10-7-15(41(36,37)38)18(19(29)16(10)13)28-27-12-4-2-3-5-14(12)40(33,34)35;/h2-8,29H,1H3,(H,24,25,26)(H,30,31,32)(H,33,34,35)(H,36,37,38);. The van der Waals surface area contributed by atoms with Crippen LogP contribution in [0.15, 0.2) is 67.4 Å². The molecule has 1 aromatic heterocycles. The number of benzene rings is 3. The first kappa shape index (κ1) is 33.6. The minimum atomic E-state index is -5.23. The molecule has 0 spiro atoms. The molecular weight excluding hydrogens is 656 g/mol. The predicted octanol–water partition coefficient (Wildman–Crippen LogP) is 3.95. The van der Waals surface area contributed by atoms with Crippen molar-refractivity contribution in [3.05, 3.63) is 59.3 Å². The van der Waals surface area contributed by atoms with Gasteiger partial charge in [-0.1, -0.05) is 23.7 Å². The molecule has 0 saturated carbocycles. The van der Waals surface area contributed by atoms with Gasteiger partial charge in [0, 0.05) is 34.9 Å². The number of aryl methyl sites for hydroxylation is 1.